The highest BCUT2D eigenvalue weighted by atomic mass is 32.1. The van der Waals surface area contributed by atoms with Crippen LogP contribution in [0.25, 0.3) is 0 Å². The van der Waals surface area contributed by atoms with Gasteiger partial charge in [-0.15, -0.1) is 0 Å². The number of nitrogens with zero attached hydrogens (tertiary/aromatic N) is 2. The van der Waals surface area contributed by atoms with Gasteiger partial charge in [-0.25, -0.2) is 4.79 Å². The second-order valence-electron chi connectivity index (χ2n) is 7.10. The largest absolute Gasteiger partial charge is 0.497 e. The molecule has 0 unspecified atom stereocenters. The van der Waals surface area contributed by atoms with Crippen LogP contribution in [-0.4, -0.2) is 73.5 Å². The van der Waals surface area contributed by atoms with Gasteiger partial charge in [0, 0.05) is 19.6 Å². The summed E-state index contributed by atoms with van der Waals surface area (Å²) in [4.78, 5) is 27.6. The first-order valence-electron chi connectivity index (χ1n) is 9.60. The monoisotopic (exact) mass is 421 g/mol. The van der Waals surface area contributed by atoms with E-state index in [1.54, 1.807) is 38.3 Å². The van der Waals surface area contributed by atoms with Crippen LogP contribution >= 0.6 is 12.2 Å². The summed E-state index contributed by atoms with van der Waals surface area (Å²) in [5.41, 5.74) is 2.18. The molecule has 3 amide bonds. The van der Waals surface area contributed by atoms with E-state index in [0.29, 0.717) is 17.9 Å². The van der Waals surface area contributed by atoms with E-state index in [4.69, 9.17) is 21.7 Å². The van der Waals surface area contributed by atoms with Gasteiger partial charge < -0.3 is 20.1 Å². The van der Waals surface area contributed by atoms with Gasteiger partial charge in [0.05, 0.1) is 20.3 Å². The molecule has 3 rings (SSSR count). The van der Waals surface area contributed by atoms with Gasteiger partial charge in [-0.3, -0.25) is 15.1 Å². The molecule has 2 saturated heterocycles. The predicted molar refractivity (Wildman–Crippen MR) is 111 cm³/mol. The second-order valence-corrected chi connectivity index (χ2v) is 7.51. The molecule has 0 radical (unpaired) electrons. The van der Waals surface area contributed by atoms with Gasteiger partial charge in [-0.2, -0.15) is 5.01 Å². The highest BCUT2D eigenvalue weighted by Gasteiger charge is 2.49. The molecule has 158 valence electrons. The first kappa shape index (κ1) is 21.3. The number of thiocarbonyl (C=S) groups is 1. The average molecular weight is 422 g/mol. The van der Waals surface area contributed by atoms with Crippen LogP contribution in [0.5, 0.6) is 5.75 Å². The Morgan fingerprint density at radius 2 is 1.97 bits per heavy atom. The van der Waals surface area contributed by atoms with Crippen molar-refractivity contribution in [2.24, 2.45) is 0 Å². The van der Waals surface area contributed by atoms with Crippen molar-refractivity contribution in [3.63, 3.8) is 0 Å². The topological polar surface area (TPSA) is 95.2 Å². The lowest BCUT2D eigenvalue weighted by atomic mass is 9.92. The van der Waals surface area contributed by atoms with Crippen LogP contribution in [0.4, 0.5) is 4.79 Å². The lowest BCUT2D eigenvalue weighted by Gasteiger charge is -2.26. The highest BCUT2D eigenvalue weighted by molar-refractivity contribution is 7.80. The van der Waals surface area contributed by atoms with Gasteiger partial charge in [-0.1, -0.05) is 12.1 Å². The zero-order valence-corrected chi connectivity index (χ0v) is 17.5. The highest BCUT2D eigenvalue weighted by Crippen LogP contribution is 2.29. The van der Waals surface area contributed by atoms with Gasteiger partial charge in [0.15, 0.2) is 5.11 Å². The lowest BCUT2D eigenvalue weighted by molar-refractivity contribution is -0.132. The summed E-state index contributed by atoms with van der Waals surface area (Å²) in [6.07, 6.45) is 0.894. The van der Waals surface area contributed by atoms with Gasteiger partial charge in [0.1, 0.15) is 11.3 Å². The minimum atomic E-state index is -1.18. The maximum Gasteiger partial charge on any atom is 0.344 e. The number of nitrogens with one attached hydrogen (secondary N) is 3. The van der Waals surface area contributed by atoms with Crippen LogP contribution in [0.3, 0.4) is 0 Å². The standard InChI is InChI=1S/C19H27N5O4S/c1-19(14-4-6-15(27-2)7-5-14)16(25)24(18(26)21-19)22-17(29)20-8-3-9-23-10-12-28-13-11-23/h4-7H,3,8-13H2,1-2H3,(H,21,26)(H2,20,22,29)/t19-/m1/s1. The van der Waals surface area contributed by atoms with Crippen molar-refractivity contribution in [1.29, 1.82) is 0 Å². The summed E-state index contributed by atoms with van der Waals surface area (Å²) in [6, 6.07) is 6.45. The van der Waals surface area contributed by atoms with E-state index in [0.717, 1.165) is 44.3 Å². The van der Waals surface area contributed by atoms with E-state index in [1.807, 2.05) is 0 Å². The van der Waals surface area contributed by atoms with Crippen molar-refractivity contribution in [2.75, 3.05) is 46.5 Å². The molecule has 0 saturated carbocycles. The van der Waals surface area contributed by atoms with E-state index in [1.165, 1.54) is 0 Å². The van der Waals surface area contributed by atoms with Crippen molar-refractivity contribution in [3.8, 4) is 5.75 Å². The molecule has 10 heteroatoms. The fourth-order valence-electron chi connectivity index (χ4n) is 3.33. The molecule has 3 N–H and O–H groups in total. The third-order valence-electron chi connectivity index (χ3n) is 5.11. The van der Waals surface area contributed by atoms with Crippen molar-refractivity contribution in [2.45, 2.75) is 18.9 Å². The third-order valence-corrected chi connectivity index (χ3v) is 5.35. The number of imide groups is 1. The SMILES string of the molecule is COc1ccc([C@@]2(C)NC(=O)N(NC(=S)NCCCN3CCOCC3)C2=O)cc1. The molecule has 1 atom stereocenters. The van der Waals surface area contributed by atoms with Crippen LogP contribution in [0.1, 0.15) is 18.9 Å². The fourth-order valence-corrected chi connectivity index (χ4v) is 3.52. The average Bonchev–Trinajstić information content (AvgIpc) is 2.96. The van der Waals surface area contributed by atoms with E-state index in [9.17, 15) is 9.59 Å². The number of carbonyl (C=O) groups is 2. The Morgan fingerprint density at radius 1 is 1.28 bits per heavy atom. The number of ether oxygens (including phenoxy) is 2. The van der Waals surface area contributed by atoms with Gasteiger partial charge in [-0.05, 0) is 49.8 Å². The molecule has 0 bridgehead atoms. The first-order chi connectivity index (χ1) is 13.9. The maximum atomic E-state index is 12.9. The quantitative estimate of drug-likeness (QED) is 0.334. The van der Waals surface area contributed by atoms with E-state index >= 15 is 0 Å². The van der Waals surface area contributed by atoms with Crippen LogP contribution < -0.4 is 20.8 Å². The Morgan fingerprint density at radius 3 is 2.62 bits per heavy atom. The molecule has 2 aliphatic heterocycles. The first-order valence-corrected chi connectivity index (χ1v) is 10.0. The zero-order valence-electron chi connectivity index (χ0n) is 16.7. The maximum absolute atomic E-state index is 12.9. The number of hydrogen-bond donors (Lipinski definition) is 3. The van der Waals surface area contributed by atoms with Crippen molar-refractivity contribution >= 4 is 29.3 Å². The molecule has 2 heterocycles. The molecule has 0 spiro atoms. The van der Waals surface area contributed by atoms with Gasteiger partial charge >= 0.3 is 6.03 Å². The molecular weight excluding hydrogens is 394 g/mol. The van der Waals surface area contributed by atoms with Crippen LogP contribution in [-0.2, 0) is 15.1 Å². The number of morpholine rings is 1. The second kappa shape index (κ2) is 9.38. The normalized spacial score (nSPS) is 22.3. The van der Waals surface area contributed by atoms with Gasteiger partial charge in [0.25, 0.3) is 5.91 Å². The Balaban J connectivity index is 1.50. The third kappa shape index (κ3) is 4.95. The molecule has 2 fully saturated rings. The van der Waals surface area contributed by atoms with Crippen molar-refractivity contribution in [3.05, 3.63) is 29.8 Å². The number of hydrogen-bond acceptors (Lipinski definition) is 6. The number of amides is 3. The van der Waals surface area contributed by atoms with Crippen LogP contribution in [0, 0.1) is 0 Å². The molecule has 1 aromatic carbocycles. The summed E-state index contributed by atoms with van der Waals surface area (Å²) < 4.78 is 10.5. The van der Waals surface area contributed by atoms with Crippen molar-refractivity contribution < 1.29 is 19.1 Å². The number of methoxy groups -OCH3 is 1. The summed E-state index contributed by atoms with van der Waals surface area (Å²) in [5.74, 6) is 0.247. The minimum Gasteiger partial charge on any atom is -0.497 e. The van der Waals surface area contributed by atoms with Crippen LogP contribution in [0.2, 0.25) is 0 Å². The zero-order chi connectivity index (χ0) is 20.9. The number of carbonyl (C=O) groups excluding carboxylic acids is 2. The summed E-state index contributed by atoms with van der Waals surface area (Å²) in [7, 11) is 1.57. The van der Waals surface area contributed by atoms with Crippen molar-refractivity contribution in [1.82, 2.24) is 26.0 Å². The Bertz CT molecular complexity index is 753. The Labute approximate surface area is 175 Å². The molecule has 0 aliphatic carbocycles. The molecule has 29 heavy (non-hydrogen) atoms. The number of rotatable bonds is 7. The van der Waals surface area contributed by atoms with Crippen LogP contribution in [0.15, 0.2) is 24.3 Å². The Kier molecular flexibility index (Phi) is 6.88. The molecule has 9 nitrogen and oxygen atoms in total. The smallest absolute Gasteiger partial charge is 0.344 e. The van der Waals surface area contributed by atoms with E-state index in [-0.39, 0.29) is 5.11 Å². The summed E-state index contributed by atoms with van der Waals surface area (Å²) in [6.45, 7) is 6.67. The minimum absolute atomic E-state index is 0.231. The number of urea groups is 1. The molecule has 1 aromatic rings. The molecular formula is C19H27N5O4S. The predicted octanol–water partition coefficient (Wildman–Crippen LogP) is 0.564. The number of hydrazine groups is 1. The van der Waals surface area contributed by atoms with E-state index < -0.39 is 17.5 Å². The Hall–Kier alpha value is -2.43. The summed E-state index contributed by atoms with van der Waals surface area (Å²) in [5, 5.41) is 6.92. The molecule has 2 aliphatic rings. The number of benzene rings is 1. The van der Waals surface area contributed by atoms with E-state index in [2.05, 4.69) is 21.0 Å². The lowest BCUT2D eigenvalue weighted by Crippen LogP contribution is -2.51. The summed E-state index contributed by atoms with van der Waals surface area (Å²) >= 11 is 5.24. The van der Waals surface area contributed by atoms with Gasteiger partial charge in [0.2, 0.25) is 0 Å². The fraction of sp³-hybridized carbons (Fsp3) is 0.526. The molecule has 0 aromatic heterocycles.